The van der Waals surface area contributed by atoms with E-state index in [1.165, 1.54) is 0 Å². The van der Waals surface area contributed by atoms with Crippen molar-refractivity contribution in [2.45, 2.75) is 20.0 Å². The standard InChI is InChI=1S/C13H20N2O/c1-3-15(4-2)10-11-9-14-12-7-5-6-8-13(12)16-11/h5-8,11,14H,3-4,9-10H2,1-2H3. The highest BCUT2D eigenvalue weighted by atomic mass is 16.5. The summed E-state index contributed by atoms with van der Waals surface area (Å²) in [7, 11) is 0. The zero-order chi connectivity index (χ0) is 11.4. The Hall–Kier alpha value is -1.22. The fourth-order valence-electron chi connectivity index (χ4n) is 2.03. The number of nitrogens with one attached hydrogen (secondary N) is 1. The van der Waals surface area contributed by atoms with Crippen molar-refractivity contribution in [1.82, 2.24) is 4.90 Å². The van der Waals surface area contributed by atoms with E-state index in [9.17, 15) is 0 Å². The van der Waals surface area contributed by atoms with E-state index >= 15 is 0 Å². The lowest BCUT2D eigenvalue weighted by Gasteiger charge is -2.31. The Balaban J connectivity index is 1.97. The molecule has 0 aliphatic carbocycles. The van der Waals surface area contributed by atoms with Gasteiger partial charge < -0.3 is 15.0 Å². The van der Waals surface area contributed by atoms with Gasteiger partial charge in [-0.2, -0.15) is 0 Å². The first-order valence-electron chi connectivity index (χ1n) is 6.05. The van der Waals surface area contributed by atoms with Gasteiger partial charge in [0.05, 0.1) is 12.2 Å². The lowest BCUT2D eigenvalue weighted by molar-refractivity contribution is 0.143. The molecule has 0 saturated heterocycles. The summed E-state index contributed by atoms with van der Waals surface area (Å²) >= 11 is 0. The van der Waals surface area contributed by atoms with Crippen LogP contribution in [-0.4, -0.2) is 37.2 Å². The van der Waals surface area contributed by atoms with Crippen LogP contribution < -0.4 is 10.1 Å². The molecule has 1 heterocycles. The Morgan fingerprint density at radius 1 is 1.31 bits per heavy atom. The lowest BCUT2D eigenvalue weighted by Crippen LogP contribution is -2.41. The van der Waals surface area contributed by atoms with Gasteiger partial charge in [-0.05, 0) is 25.2 Å². The Bertz CT molecular complexity index is 336. The molecule has 2 rings (SSSR count). The normalized spacial score (nSPS) is 18.8. The van der Waals surface area contributed by atoms with Crippen molar-refractivity contribution in [3.8, 4) is 5.75 Å². The van der Waals surface area contributed by atoms with Crippen LogP contribution in [-0.2, 0) is 0 Å². The van der Waals surface area contributed by atoms with Crippen LogP contribution in [0.5, 0.6) is 5.75 Å². The first kappa shape index (κ1) is 11.3. The summed E-state index contributed by atoms with van der Waals surface area (Å²) in [6.07, 6.45) is 0.259. The first-order chi connectivity index (χ1) is 7.83. The molecule has 0 fully saturated rings. The van der Waals surface area contributed by atoms with Crippen molar-refractivity contribution in [3.05, 3.63) is 24.3 Å². The third-order valence-corrected chi connectivity index (χ3v) is 3.06. The smallest absolute Gasteiger partial charge is 0.142 e. The van der Waals surface area contributed by atoms with E-state index in [0.29, 0.717) is 0 Å². The first-order valence-corrected chi connectivity index (χ1v) is 6.05. The predicted molar refractivity (Wildman–Crippen MR) is 67.1 cm³/mol. The number of anilines is 1. The van der Waals surface area contributed by atoms with Gasteiger partial charge in [-0.15, -0.1) is 0 Å². The van der Waals surface area contributed by atoms with Gasteiger partial charge in [0.25, 0.3) is 0 Å². The molecule has 0 spiro atoms. The molecule has 0 aromatic heterocycles. The van der Waals surface area contributed by atoms with Crippen LogP contribution >= 0.6 is 0 Å². The van der Waals surface area contributed by atoms with Crippen LogP contribution in [0, 0.1) is 0 Å². The summed E-state index contributed by atoms with van der Waals surface area (Å²) in [5, 5.41) is 3.41. The maximum Gasteiger partial charge on any atom is 0.142 e. The molecule has 0 amide bonds. The molecule has 1 N–H and O–H groups in total. The minimum Gasteiger partial charge on any atom is -0.485 e. The highest BCUT2D eigenvalue weighted by Gasteiger charge is 2.20. The number of fused-ring (bicyclic) bond motifs is 1. The van der Waals surface area contributed by atoms with Crippen molar-refractivity contribution >= 4 is 5.69 Å². The molecule has 0 radical (unpaired) electrons. The molecule has 16 heavy (non-hydrogen) atoms. The summed E-state index contributed by atoms with van der Waals surface area (Å²) in [5.74, 6) is 0.978. The van der Waals surface area contributed by atoms with E-state index in [0.717, 1.165) is 37.6 Å². The van der Waals surface area contributed by atoms with Crippen LogP contribution in [0.4, 0.5) is 5.69 Å². The third-order valence-electron chi connectivity index (χ3n) is 3.06. The van der Waals surface area contributed by atoms with E-state index in [1.807, 2.05) is 18.2 Å². The second-order valence-electron chi connectivity index (χ2n) is 4.10. The highest BCUT2D eigenvalue weighted by Crippen LogP contribution is 2.28. The molecular formula is C13H20N2O. The maximum atomic E-state index is 5.96. The number of hydrogen-bond acceptors (Lipinski definition) is 3. The van der Waals surface area contributed by atoms with Crippen molar-refractivity contribution < 1.29 is 4.74 Å². The summed E-state index contributed by atoms with van der Waals surface area (Å²) in [6.45, 7) is 8.43. The fraction of sp³-hybridized carbons (Fsp3) is 0.538. The number of likely N-dealkylation sites (N-methyl/N-ethyl adjacent to an activating group) is 1. The van der Waals surface area contributed by atoms with Crippen LogP contribution in [0.2, 0.25) is 0 Å². The second kappa shape index (κ2) is 5.21. The van der Waals surface area contributed by atoms with E-state index < -0.39 is 0 Å². The SMILES string of the molecule is CCN(CC)CC1CNc2ccccc2O1. The summed E-state index contributed by atoms with van der Waals surface area (Å²) < 4.78 is 5.96. The van der Waals surface area contributed by atoms with Crippen LogP contribution in [0.25, 0.3) is 0 Å². The third kappa shape index (κ3) is 2.47. The number of hydrogen-bond donors (Lipinski definition) is 1. The van der Waals surface area contributed by atoms with Gasteiger partial charge in [0, 0.05) is 6.54 Å². The zero-order valence-electron chi connectivity index (χ0n) is 10.1. The molecule has 0 bridgehead atoms. The van der Waals surface area contributed by atoms with E-state index in [-0.39, 0.29) is 6.10 Å². The van der Waals surface area contributed by atoms with Gasteiger partial charge >= 0.3 is 0 Å². The molecule has 1 aliphatic heterocycles. The number of rotatable bonds is 4. The molecule has 1 unspecified atom stereocenters. The van der Waals surface area contributed by atoms with Gasteiger partial charge in [-0.25, -0.2) is 0 Å². The number of para-hydroxylation sites is 2. The number of ether oxygens (including phenoxy) is 1. The van der Waals surface area contributed by atoms with Crippen molar-refractivity contribution in [2.24, 2.45) is 0 Å². The minimum atomic E-state index is 0.259. The predicted octanol–water partition coefficient (Wildman–Crippen LogP) is 2.20. The molecule has 1 atom stereocenters. The van der Waals surface area contributed by atoms with Gasteiger partial charge in [0.2, 0.25) is 0 Å². The summed E-state index contributed by atoms with van der Waals surface area (Å²) in [5.41, 5.74) is 1.11. The monoisotopic (exact) mass is 220 g/mol. The maximum absolute atomic E-state index is 5.96. The lowest BCUT2D eigenvalue weighted by atomic mass is 10.2. The van der Waals surface area contributed by atoms with Crippen LogP contribution in [0.3, 0.4) is 0 Å². The highest BCUT2D eigenvalue weighted by molar-refractivity contribution is 5.57. The van der Waals surface area contributed by atoms with Gasteiger partial charge in [0.1, 0.15) is 11.9 Å². The Morgan fingerprint density at radius 2 is 2.06 bits per heavy atom. The van der Waals surface area contributed by atoms with Crippen molar-refractivity contribution in [2.75, 3.05) is 31.5 Å². The molecule has 1 aromatic rings. The topological polar surface area (TPSA) is 24.5 Å². The number of nitrogens with zero attached hydrogens (tertiary/aromatic N) is 1. The summed E-state index contributed by atoms with van der Waals surface area (Å²) in [4.78, 5) is 2.39. The average Bonchev–Trinajstić information content (AvgIpc) is 2.35. The quantitative estimate of drug-likeness (QED) is 0.842. The molecule has 1 aliphatic rings. The average molecular weight is 220 g/mol. The van der Waals surface area contributed by atoms with E-state index in [1.54, 1.807) is 0 Å². The number of benzene rings is 1. The van der Waals surface area contributed by atoms with Gasteiger partial charge in [0.15, 0.2) is 0 Å². The largest absolute Gasteiger partial charge is 0.485 e. The Labute approximate surface area is 97.4 Å². The molecule has 3 heteroatoms. The van der Waals surface area contributed by atoms with Crippen molar-refractivity contribution in [3.63, 3.8) is 0 Å². The minimum absolute atomic E-state index is 0.259. The molecular weight excluding hydrogens is 200 g/mol. The molecule has 3 nitrogen and oxygen atoms in total. The zero-order valence-corrected chi connectivity index (χ0v) is 10.1. The van der Waals surface area contributed by atoms with Gasteiger partial charge in [-0.1, -0.05) is 26.0 Å². The Morgan fingerprint density at radius 3 is 2.81 bits per heavy atom. The van der Waals surface area contributed by atoms with Gasteiger partial charge in [-0.3, -0.25) is 0 Å². The van der Waals surface area contributed by atoms with Crippen LogP contribution in [0.15, 0.2) is 24.3 Å². The fourth-order valence-corrected chi connectivity index (χ4v) is 2.03. The van der Waals surface area contributed by atoms with Crippen LogP contribution in [0.1, 0.15) is 13.8 Å². The Kier molecular flexibility index (Phi) is 3.67. The molecule has 1 aromatic carbocycles. The summed E-state index contributed by atoms with van der Waals surface area (Å²) in [6, 6.07) is 8.12. The van der Waals surface area contributed by atoms with E-state index in [2.05, 4.69) is 30.1 Å². The second-order valence-corrected chi connectivity index (χ2v) is 4.10. The van der Waals surface area contributed by atoms with E-state index in [4.69, 9.17) is 4.74 Å². The molecule has 0 saturated carbocycles. The van der Waals surface area contributed by atoms with Crippen molar-refractivity contribution in [1.29, 1.82) is 0 Å². The molecule has 88 valence electrons.